The highest BCUT2D eigenvalue weighted by Crippen LogP contribution is 2.17. The summed E-state index contributed by atoms with van der Waals surface area (Å²) in [7, 11) is 1.65. The molecule has 13 heavy (non-hydrogen) atoms. The molecule has 70 valence electrons. The van der Waals surface area contributed by atoms with Gasteiger partial charge >= 0.3 is 0 Å². The number of hydrogen-bond donors (Lipinski definition) is 1. The summed E-state index contributed by atoms with van der Waals surface area (Å²) in [6.45, 7) is 2.35. The first-order valence-electron chi connectivity index (χ1n) is 4.12. The molecule has 3 heteroatoms. The van der Waals surface area contributed by atoms with E-state index in [0.29, 0.717) is 12.4 Å². The maximum Gasteiger partial charge on any atom is 0.123 e. The molecule has 0 aliphatic heterocycles. The fourth-order valence-electron chi connectivity index (χ4n) is 1.04. The summed E-state index contributed by atoms with van der Waals surface area (Å²) >= 11 is 0. The number of ether oxygens (including phenoxy) is 1. The van der Waals surface area contributed by atoms with Crippen LogP contribution in [0.3, 0.4) is 0 Å². The summed E-state index contributed by atoms with van der Waals surface area (Å²) in [5, 5.41) is 0. The maximum absolute atomic E-state index is 5.44. The summed E-state index contributed by atoms with van der Waals surface area (Å²) in [4.78, 5) is 4.12. The molecule has 2 N–H and O–H groups in total. The summed E-state index contributed by atoms with van der Waals surface area (Å²) in [6.07, 6.45) is 0. The van der Waals surface area contributed by atoms with Gasteiger partial charge in [-0.25, -0.2) is 0 Å². The molecule has 3 nitrogen and oxygen atoms in total. The number of amidine groups is 1. The van der Waals surface area contributed by atoms with Crippen molar-refractivity contribution in [3.8, 4) is 5.75 Å². The number of rotatable bonds is 3. The van der Waals surface area contributed by atoms with Crippen molar-refractivity contribution >= 4 is 5.84 Å². The van der Waals surface area contributed by atoms with Gasteiger partial charge in [0.2, 0.25) is 0 Å². The predicted octanol–water partition coefficient (Wildman–Crippen LogP) is 1.57. The predicted molar refractivity (Wildman–Crippen MR) is 54.0 cm³/mol. The summed E-state index contributed by atoms with van der Waals surface area (Å²) in [5.41, 5.74) is 6.49. The third-order valence-corrected chi connectivity index (χ3v) is 1.69. The Labute approximate surface area is 78.2 Å². The topological polar surface area (TPSA) is 47.6 Å². The van der Waals surface area contributed by atoms with Crippen molar-refractivity contribution in [3.05, 3.63) is 29.8 Å². The van der Waals surface area contributed by atoms with Crippen LogP contribution < -0.4 is 10.5 Å². The Morgan fingerprint density at radius 1 is 1.46 bits per heavy atom. The summed E-state index contributed by atoms with van der Waals surface area (Å²) < 4.78 is 5.17. The average Bonchev–Trinajstić information content (AvgIpc) is 2.15. The van der Waals surface area contributed by atoms with E-state index in [4.69, 9.17) is 10.5 Å². The number of hydrogen-bond acceptors (Lipinski definition) is 2. The molecule has 0 amide bonds. The van der Waals surface area contributed by atoms with Crippen molar-refractivity contribution in [1.29, 1.82) is 0 Å². The molecule has 0 aliphatic carbocycles. The van der Waals surface area contributed by atoms with Crippen LogP contribution in [0, 0.1) is 0 Å². The molecule has 0 unspecified atom stereocenters. The number of nitrogens with zero attached hydrogens (tertiary/aromatic N) is 1. The lowest BCUT2D eigenvalue weighted by Crippen LogP contribution is -2.05. The zero-order valence-corrected chi connectivity index (χ0v) is 7.95. The third-order valence-electron chi connectivity index (χ3n) is 1.69. The van der Waals surface area contributed by atoms with Gasteiger partial charge in [-0.3, -0.25) is 4.99 Å². The van der Waals surface area contributed by atoms with E-state index >= 15 is 0 Å². The number of methoxy groups -OCH3 is 1. The Morgan fingerprint density at radius 3 is 2.77 bits per heavy atom. The summed E-state index contributed by atoms with van der Waals surface area (Å²) in [5.74, 6) is 1.44. The van der Waals surface area contributed by atoms with Crippen molar-refractivity contribution in [2.45, 2.75) is 13.5 Å². The number of para-hydroxylation sites is 1. The normalized spacial score (nSPS) is 11.4. The molecule has 0 heterocycles. The molecule has 0 bridgehead atoms. The molecule has 0 atom stereocenters. The van der Waals surface area contributed by atoms with Crippen LogP contribution >= 0.6 is 0 Å². The second-order valence-corrected chi connectivity index (χ2v) is 2.77. The van der Waals surface area contributed by atoms with E-state index in [1.54, 1.807) is 14.0 Å². The zero-order valence-electron chi connectivity index (χ0n) is 7.95. The highest BCUT2D eigenvalue weighted by atomic mass is 16.5. The minimum absolute atomic E-state index is 0.576. The van der Waals surface area contributed by atoms with Gasteiger partial charge in [0.15, 0.2) is 0 Å². The molecular formula is C10H14N2O. The Kier molecular flexibility index (Phi) is 3.31. The lowest BCUT2D eigenvalue weighted by Gasteiger charge is -2.04. The second kappa shape index (κ2) is 4.50. The zero-order chi connectivity index (χ0) is 9.68. The largest absolute Gasteiger partial charge is 0.496 e. The number of benzene rings is 1. The van der Waals surface area contributed by atoms with Gasteiger partial charge in [-0.15, -0.1) is 0 Å². The quantitative estimate of drug-likeness (QED) is 0.564. The van der Waals surface area contributed by atoms with Crippen molar-refractivity contribution in [3.63, 3.8) is 0 Å². The van der Waals surface area contributed by atoms with E-state index in [9.17, 15) is 0 Å². The van der Waals surface area contributed by atoms with E-state index in [1.165, 1.54) is 0 Å². The Balaban J connectivity index is 2.81. The standard InChI is InChI=1S/C10H14N2O/c1-8(11)12-7-9-5-3-4-6-10(9)13-2/h3-6H,7H2,1-2H3,(H2,11,12). The average molecular weight is 178 g/mol. The van der Waals surface area contributed by atoms with Gasteiger partial charge in [0.25, 0.3) is 0 Å². The molecule has 0 saturated carbocycles. The molecule has 0 spiro atoms. The fourth-order valence-corrected chi connectivity index (χ4v) is 1.04. The van der Waals surface area contributed by atoms with Gasteiger partial charge in [0.1, 0.15) is 5.75 Å². The van der Waals surface area contributed by atoms with Crippen LogP contribution in [0.5, 0.6) is 5.75 Å². The molecule has 0 fully saturated rings. The second-order valence-electron chi connectivity index (χ2n) is 2.77. The van der Waals surface area contributed by atoms with Crippen LogP contribution in [-0.4, -0.2) is 12.9 Å². The lowest BCUT2D eigenvalue weighted by molar-refractivity contribution is 0.410. The molecule has 1 rings (SSSR count). The van der Waals surface area contributed by atoms with Gasteiger partial charge in [0.05, 0.1) is 19.5 Å². The molecule has 0 aliphatic rings. The van der Waals surface area contributed by atoms with E-state index in [2.05, 4.69) is 4.99 Å². The van der Waals surface area contributed by atoms with E-state index in [0.717, 1.165) is 11.3 Å². The third kappa shape index (κ3) is 2.78. The first-order chi connectivity index (χ1) is 6.24. The van der Waals surface area contributed by atoms with E-state index < -0.39 is 0 Å². The number of aliphatic imine (C=N–C) groups is 1. The van der Waals surface area contributed by atoms with Crippen molar-refractivity contribution in [2.24, 2.45) is 10.7 Å². The van der Waals surface area contributed by atoms with Crippen molar-refractivity contribution in [2.75, 3.05) is 7.11 Å². The first-order valence-corrected chi connectivity index (χ1v) is 4.12. The fraction of sp³-hybridized carbons (Fsp3) is 0.300. The first kappa shape index (κ1) is 9.58. The monoisotopic (exact) mass is 178 g/mol. The van der Waals surface area contributed by atoms with Crippen LogP contribution in [0.4, 0.5) is 0 Å². The molecule has 0 aromatic heterocycles. The Bertz CT molecular complexity index is 304. The van der Waals surface area contributed by atoms with Gasteiger partial charge < -0.3 is 10.5 Å². The van der Waals surface area contributed by atoms with E-state index in [1.807, 2.05) is 24.3 Å². The minimum Gasteiger partial charge on any atom is -0.496 e. The van der Waals surface area contributed by atoms with Gasteiger partial charge in [0, 0.05) is 5.56 Å². The Morgan fingerprint density at radius 2 is 2.15 bits per heavy atom. The highest BCUT2D eigenvalue weighted by molar-refractivity contribution is 5.77. The lowest BCUT2D eigenvalue weighted by atomic mass is 10.2. The van der Waals surface area contributed by atoms with Crippen molar-refractivity contribution in [1.82, 2.24) is 0 Å². The molecule has 1 aromatic rings. The summed E-state index contributed by atoms with van der Waals surface area (Å²) in [6, 6.07) is 7.78. The van der Waals surface area contributed by atoms with Crippen LogP contribution in [0.25, 0.3) is 0 Å². The van der Waals surface area contributed by atoms with Gasteiger partial charge in [-0.1, -0.05) is 18.2 Å². The maximum atomic E-state index is 5.44. The van der Waals surface area contributed by atoms with E-state index in [-0.39, 0.29) is 0 Å². The SMILES string of the molecule is COc1ccccc1CN=C(C)N. The van der Waals surface area contributed by atoms with Crippen molar-refractivity contribution < 1.29 is 4.74 Å². The van der Waals surface area contributed by atoms with Crippen LogP contribution in [0.15, 0.2) is 29.3 Å². The highest BCUT2D eigenvalue weighted by Gasteiger charge is 1.98. The van der Waals surface area contributed by atoms with Crippen LogP contribution in [-0.2, 0) is 6.54 Å². The van der Waals surface area contributed by atoms with Gasteiger partial charge in [-0.05, 0) is 13.0 Å². The molecular weight excluding hydrogens is 164 g/mol. The van der Waals surface area contributed by atoms with Gasteiger partial charge in [-0.2, -0.15) is 0 Å². The van der Waals surface area contributed by atoms with Crippen LogP contribution in [0.2, 0.25) is 0 Å². The smallest absolute Gasteiger partial charge is 0.123 e. The van der Waals surface area contributed by atoms with Crippen LogP contribution in [0.1, 0.15) is 12.5 Å². The molecule has 1 aromatic carbocycles. The minimum atomic E-state index is 0.576. The Hall–Kier alpha value is -1.51. The molecule has 0 radical (unpaired) electrons. The molecule has 0 saturated heterocycles. The number of nitrogens with two attached hydrogens (primary N) is 1.